The number of nitrogens with one attached hydrogen (secondary N) is 1. The topological polar surface area (TPSA) is 75.9 Å². The summed E-state index contributed by atoms with van der Waals surface area (Å²) in [5.74, 6) is 2.12. The molecule has 0 radical (unpaired) electrons. The SMILES string of the molecule is CC1CC(c2cccc(NC(=O)c3cc(CN4CCC[C@H](C)C4)c4ccccc4n3)c2)(c2nncn2C)C1. The Morgan fingerprint density at radius 3 is 2.68 bits per heavy atom. The number of benzene rings is 2. The number of nitrogens with zero attached hydrogens (tertiary/aromatic N) is 5. The second-order valence-electron chi connectivity index (χ2n) is 11.6. The minimum atomic E-state index is -0.184. The molecule has 1 N–H and O–H groups in total. The summed E-state index contributed by atoms with van der Waals surface area (Å²) in [5.41, 5.74) is 4.23. The molecule has 0 spiro atoms. The highest BCUT2D eigenvalue weighted by Crippen LogP contribution is 2.51. The van der Waals surface area contributed by atoms with Gasteiger partial charge in [0.15, 0.2) is 0 Å². The molecule has 38 heavy (non-hydrogen) atoms. The lowest BCUT2D eigenvalue weighted by Crippen LogP contribution is -2.43. The second kappa shape index (κ2) is 9.95. The van der Waals surface area contributed by atoms with Crippen LogP contribution in [0, 0.1) is 11.8 Å². The number of rotatable bonds is 6. The van der Waals surface area contributed by atoms with Gasteiger partial charge in [0.2, 0.25) is 0 Å². The number of fused-ring (bicyclic) bond motifs is 1. The van der Waals surface area contributed by atoms with Crippen LogP contribution in [0.3, 0.4) is 0 Å². The Labute approximate surface area is 224 Å². The Kier molecular flexibility index (Phi) is 6.48. The van der Waals surface area contributed by atoms with Crippen LogP contribution in [0.25, 0.3) is 10.9 Å². The first-order valence-corrected chi connectivity index (χ1v) is 13.8. The lowest BCUT2D eigenvalue weighted by Gasteiger charge is -2.46. The van der Waals surface area contributed by atoms with Crippen molar-refractivity contribution in [3.05, 3.63) is 83.6 Å². The summed E-state index contributed by atoms with van der Waals surface area (Å²) >= 11 is 0. The molecule has 196 valence electrons. The fraction of sp³-hybridized carbons (Fsp3) is 0.419. The van der Waals surface area contributed by atoms with Gasteiger partial charge in [-0.25, -0.2) is 4.98 Å². The van der Waals surface area contributed by atoms with E-state index < -0.39 is 0 Å². The summed E-state index contributed by atoms with van der Waals surface area (Å²) in [7, 11) is 2.00. The van der Waals surface area contributed by atoms with Gasteiger partial charge >= 0.3 is 0 Å². The van der Waals surface area contributed by atoms with Gasteiger partial charge < -0.3 is 9.88 Å². The molecule has 2 aliphatic rings. The fourth-order valence-corrected chi connectivity index (χ4v) is 6.65. The number of carbonyl (C=O) groups is 1. The van der Waals surface area contributed by atoms with Crippen molar-refractivity contribution in [1.82, 2.24) is 24.6 Å². The van der Waals surface area contributed by atoms with Gasteiger partial charge in [-0.1, -0.05) is 44.2 Å². The van der Waals surface area contributed by atoms with Crippen LogP contribution in [0.15, 0.2) is 60.9 Å². The van der Waals surface area contributed by atoms with Gasteiger partial charge in [-0.15, -0.1) is 10.2 Å². The maximum Gasteiger partial charge on any atom is 0.274 e. The lowest BCUT2D eigenvalue weighted by molar-refractivity contribution is 0.102. The number of anilines is 1. The zero-order chi connectivity index (χ0) is 26.3. The molecule has 3 heterocycles. The molecule has 4 aromatic rings. The quantitative estimate of drug-likeness (QED) is 0.369. The zero-order valence-corrected chi connectivity index (χ0v) is 22.5. The molecule has 7 nitrogen and oxygen atoms in total. The third-order valence-corrected chi connectivity index (χ3v) is 8.38. The number of carbonyl (C=O) groups excluding carboxylic acids is 1. The van der Waals surface area contributed by atoms with Crippen molar-refractivity contribution in [3.63, 3.8) is 0 Å². The van der Waals surface area contributed by atoms with Crippen LogP contribution in [0.5, 0.6) is 0 Å². The van der Waals surface area contributed by atoms with Gasteiger partial charge in [0, 0.05) is 31.2 Å². The first kappa shape index (κ1) is 24.7. The van der Waals surface area contributed by atoms with Crippen molar-refractivity contribution < 1.29 is 4.79 Å². The summed E-state index contributed by atoms with van der Waals surface area (Å²) in [4.78, 5) is 20.8. The molecule has 2 fully saturated rings. The van der Waals surface area contributed by atoms with E-state index in [1.165, 1.54) is 12.8 Å². The highest BCUT2D eigenvalue weighted by atomic mass is 16.1. The maximum atomic E-state index is 13.5. The highest BCUT2D eigenvalue weighted by molar-refractivity contribution is 6.04. The third-order valence-electron chi connectivity index (χ3n) is 8.38. The van der Waals surface area contributed by atoms with E-state index in [1.807, 2.05) is 48.0 Å². The van der Waals surface area contributed by atoms with Crippen LogP contribution >= 0.6 is 0 Å². The number of aromatic nitrogens is 4. The molecule has 1 atom stereocenters. The van der Waals surface area contributed by atoms with E-state index >= 15 is 0 Å². The molecule has 0 bridgehead atoms. The van der Waals surface area contributed by atoms with Crippen LogP contribution < -0.4 is 5.32 Å². The van der Waals surface area contributed by atoms with Crippen molar-refractivity contribution >= 4 is 22.5 Å². The normalized spacial score (nSPS) is 23.8. The number of pyridine rings is 1. The van der Waals surface area contributed by atoms with Crippen molar-refractivity contribution in [2.45, 2.75) is 51.5 Å². The molecular weight excluding hydrogens is 472 g/mol. The summed E-state index contributed by atoms with van der Waals surface area (Å²) < 4.78 is 2.01. The van der Waals surface area contributed by atoms with E-state index in [4.69, 9.17) is 4.98 Å². The third kappa shape index (κ3) is 4.60. The minimum absolute atomic E-state index is 0.175. The van der Waals surface area contributed by atoms with E-state index in [-0.39, 0.29) is 11.3 Å². The monoisotopic (exact) mass is 508 g/mol. The van der Waals surface area contributed by atoms with E-state index in [1.54, 1.807) is 6.33 Å². The first-order valence-electron chi connectivity index (χ1n) is 13.8. The first-order chi connectivity index (χ1) is 18.4. The Morgan fingerprint density at radius 1 is 1.08 bits per heavy atom. The Balaban J connectivity index is 1.28. The van der Waals surface area contributed by atoms with E-state index in [2.05, 4.69) is 52.5 Å². The minimum Gasteiger partial charge on any atom is -0.321 e. The van der Waals surface area contributed by atoms with E-state index in [9.17, 15) is 4.79 Å². The molecule has 2 aromatic carbocycles. The standard InChI is InChI=1S/C31H36N6O/c1-21-8-7-13-37(18-21)19-23-14-28(34-27-12-5-4-11-26(23)27)29(38)33-25-10-6-9-24(15-25)31(16-22(2)17-31)30-35-32-20-36(30)3/h4-6,9-12,14-15,20-22H,7-8,13,16-19H2,1-3H3,(H,33,38)/t21-,22?,31?/m0/s1. The summed E-state index contributed by atoms with van der Waals surface area (Å²) in [6.45, 7) is 7.62. The maximum absolute atomic E-state index is 13.5. The van der Waals surface area contributed by atoms with Crippen LogP contribution in [0.1, 0.15) is 67.0 Å². The van der Waals surface area contributed by atoms with Crippen molar-refractivity contribution in [2.24, 2.45) is 18.9 Å². The van der Waals surface area contributed by atoms with Crippen LogP contribution in [-0.2, 0) is 19.0 Å². The smallest absolute Gasteiger partial charge is 0.274 e. The number of para-hydroxylation sites is 1. The Hall–Kier alpha value is -3.58. The number of hydrogen-bond acceptors (Lipinski definition) is 5. The average molecular weight is 509 g/mol. The second-order valence-corrected chi connectivity index (χ2v) is 11.6. The van der Waals surface area contributed by atoms with Gasteiger partial charge in [0.1, 0.15) is 17.8 Å². The lowest BCUT2D eigenvalue weighted by atomic mass is 9.58. The van der Waals surface area contributed by atoms with Gasteiger partial charge in [-0.05, 0) is 79.5 Å². The number of hydrogen-bond donors (Lipinski definition) is 1. The summed E-state index contributed by atoms with van der Waals surface area (Å²) in [6.07, 6.45) is 6.31. The largest absolute Gasteiger partial charge is 0.321 e. The molecule has 0 unspecified atom stereocenters. The molecule has 2 aromatic heterocycles. The highest BCUT2D eigenvalue weighted by Gasteiger charge is 2.48. The van der Waals surface area contributed by atoms with E-state index in [0.29, 0.717) is 17.5 Å². The Morgan fingerprint density at radius 2 is 1.92 bits per heavy atom. The van der Waals surface area contributed by atoms with Gasteiger partial charge in [0.05, 0.1) is 10.9 Å². The van der Waals surface area contributed by atoms with Crippen molar-refractivity contribution in [3.8, 4) is 0 Å². The Bertz CT molecular complexity index is 1470. The average Bonchev–Trinajstić information content (AvgIpc) is 3.32. The van der Waals surface area contributed by atoms with Crippen LogP contribution in [0.2, 0.25) is 0 Å². The molecule has 1 amide bonds. The number of aryl methyl sites for hydroxylation is 1. The van der Waals surface area contributed by atoms with Gasteiger partial charge in [-0.2, -0.15) is 0 Å². The molecule has 6 rings (SSSR count). The fourth-order valence-electron chi connectivity index (χ4n) is 6.65. The van der Waals surface area contributed by atoms with Crippen molar-refractivity contribution in [1.29, 1.82) is 0 Å². The summed E-state index contributed by atoms with van der Waals surface area (Å²) in [6, 6.07) is 18.3. The number of likely N-dealkylation sites (tertiary alicyclic amines) is 1. The van der Waals surface area contributed by atoms with Gasteiger partial charge in [-0.3, -0.25) is 9.69 Å². The molecule has 1 saturated carbocycles. The van der Waals surface area contributed by atoms with Crippen molar-refractivity contribution in [2.75, 3.05) is 18.4 Å². The number of piperidine rings is 1. The molecule has 1 saturated heterocycles. The molecule has 1 aliphatic heterocycles. The molecule has 1 aliphatic carbocycles. The van der Waals surface area contributed by atoms with E-state index in [0.717, 1.165) is 66.0 Å². The predicted octanol–water partition coefficient (Wildman–Crippen LogP) is 5.56. The van der Waals surface area contributed by atoms with Crippen LogP contribution in [-0.4, -0.2) is 43.6 Å². The van der Waals surface area contributed by atoms with Gasteiger partial charge in [0.25, 0.3) is 5.91 Å². The molecule has 7 heteroatoms. The number of amides is 1. The predicted molar refractivity (Wildman–Crippen MR) is 150 cm³/mol. The summed E-state index contributed by atoms with van der Waals surface area (Å²) in [5, 5.41) is 12.9. The van der Waals surface area contributed by atoms with Crippen LogP contribution in [0.4, 0.5) is 5.69 Å². The molecular formula is C31H36N6O. The zero-order valence-electron chi connectivity index (χ0n) is 22.5.